The van der Waals surface area contributed by atoms with E-state index in [1.807, 2.05) is 26.8 Å². The highest BCUT2D eigenvalue weighted by Gasteiger charge is 2.24. The summed E-state index contributed by atoms with van der Waals surface area (Å²) < 4.78 is 0. The van der Waals surface area contributed by atoms with Crippen molar-refractivity contribution in [1.29, 1.82) is 0 Å². The van der Waals surface area contributed by atoms with Gasteiger partial charge in [0.25, 0.3) is 5.91 Å². The van der Waals surface area contributed by atoms with Gasteiger partial charge in [0.2, 0.25) is 0 Å². The maximum absolute atomic E-state index is 11.7. The van der Waals surface area contributed by atoms with Gasteiger partial charge in [0.15, 0.2) is 0 Å². The Morgan fingerprint density at radius 1 is 1.44 bits per heavy atom. The smallest absolute Gasteiger partial charge is 0.274 e. The lowest BCUT2D eigenvalue weighted by atomic mass is 9.90. The molecule has 0 atom stereocenters. The van der Waals surface area contributed by atoms with Crippen LogP contribution in [0.5, 0.6) is 0 Å². The van der Waals surface area contributed by atoms with Gasteiger partial charge in [0, 0.05) is 18.5 Å². The second kappa shape index (κ2) is 6.99. The van der Waals surface area contributed by atoms with Crippen LogP contribution in [-0.2, 0) is 4.79 Å². The van der Waals surface area contributed by atoms with Gasteiger partial charge in [0.05, 0.1) is 0 Å². The van der Waals surface area contributed by atoms with Crippen molar-refractivity contribution in [2.75, 3.05) is 0 Å². The van der Waals surface area contributed by atoms with E-state index < -0.39 is 0 Å². The molecule has 1 N–H and O–H groups in total. The van der Waals surface area contributed by atoms with E-state index in [2.05, 4.69) is 37.9 Å². The molecule has 0 spiro atoms. The van der Waals surface area contributed by atoms with Crippen LogP contribution in [0.15, 0.2) is 28.8 Å². The van der Waals surface area contributed by atoms with Gasteiger partial charge >= 0.3 is 0 Å². The maximum Gasteiger partial charge on any atom is 0.274 e. The van der Waals surface area contributed by atoms with Crippen molar-refractivity contribution >= 4 is 12.6 Å². The molecule has 4 heteroatoms. The van der Waals surface area contributed by atoms with Crippen LogP contribution in [0, 0.1) is 5.41 Å². The van der Waals surface area contributed by atoms with Crippen LogP contribution >= 0.6 is 0 Å². The van der Waals surface area contributed by atoms with Gasteiger partial charge < -0.3 is 5.32 Å². The SMILES string of the molecule is C=NN1C(=O)C=C(CC(C)(C)C)N/C1=C/C.CC. The Bertz CT molecular complexity index is 362. The van der Waals surface area contributed by atoms with Gasteiger partial charge in [0.1, 0.15) is 5.82 Å². The second-order valence-corrected chi connectivity index (χ2v) is 5.00. The first-order chi connectivity index (χ1) is 8.37. The van der Waals surface area contributed by atoms with Crippen molar-refractivity contribution in [2.24, 2.45) is 10.5 Å². The molecule has 0 bridgehead atoms. The van der Waals surface area contributed by atoms with Crippen LogP contribution in [0.3, 0.4) is 0 Å². The number of hydrogen-bond acceptors (Lipinski definition) is 3. The molecule has 0 aromatic heterocycles. The highest BCUT2D eigenvalue weighted by atomic mass is 16.2. The first-order valence-electron chi connectivity index (χ1n) is 6.32. The highest BCUT2D eigenvalue weighted by Crippen LogP contribution is 2.25. The molecule has 1 heterocycles. The summed E-state index contributed by atoms with van der Waals surface area (Å²) in [5, 5.41) is 8.11. The van der Waals surface area contributed by atoms with E-state index in [4.69, 9.17) is 0 Å². The molecule has 0 fully saturated rings. The van der Waals surface area contributed by atoms with Crippen LogP contribution in [0.25, 0.3) is 0 Å². The largest absolute Gasteiger partial charge is 0.344 e. The molecule has 1 rings (SSSR count). The van der Waals surface area contributed by atoms with Gasteiger partial charge in [-0.2, -0.15) is 10.1 Å². The van der Waals surface area contributed by atoms with Crippen molar-refractivity contribution in [3.8, 4) is 0 Å². The fourth-order valence-corrected chi connectivity index (χ4v) is 1.59. The molecule has 0 radical (unpaired) electrons. The van der Waals surface area contributed by atoms with Gasteiger partial charge in [-0.25, -0.2) is 0 Å². The molecule has 1 amide bonds. The third kappa shape index (κ3) is 4.73. The molecule has 0 aliphatic carbocycles. The summed E-state index contributed by atoms with van der Waals surface area (Å²) in [6.45, 7) is 15.6. The quantitative estimate of drug-likeness (QED) is 0.766. The molecular weight excluding hydrogens is 226 g/mol. The molecule has 0 unspecified atom stereocenters. The number of rotatable bonds is 2. The van der Waals surface area contributed by atoms with E-state index in [0.29, 0.717) is 5.82 Å². The number of hydrazone groups is 1. The van der Waals surface area contributed by atoms with Crippen molar-refractivity contribution in [2.45, 2.75) is 48.0 Å². The second-order valence-electron chi connectivity index (χ2n) is 5.00. The summed E-state index contributed by atoms with van der Waals surface area (Å²) in [5.74, 6) is 0.517. The van der Waals surface area contributed by atoms with E-state index in [0.717, 1.165) is 12.1 Å². The van der Waals surface area contributed by atoms with Gasteiger partial charge in [-0.3, -0.25) is 4.79 Å². The summed E-state index contributed by atoms with van der Waals surface area (Å²) >= 11 is 0. The minimum atomic E-state index is -0.152. The first kappa shape index (κ1) is 16.4. The molecule has 18 heavy (non-hydrogen) atoms. The molecule has 102 valence electrons. The van der Waals surface area contributed by atoms with Crippen molar-refractivity contribution in [3.05, 3.63) is 23.7 Å². The zero-order valence-corrected chi connectivity index (χ0v) is 12.4. The number of amides is 1. The topological polar surface area (TPSA) is 44.7 Å². The summed E-state index contributed by atoms with van der Waals surface area (Å²) in [4.78, 5) is 11.7. The summed E-state index contributed by atoms with van der Waals surface area (Å²) in [5.41, 5.74) is 1.06. The molecule has 0 aromatic carbocycles. The molecule has 0 saturated carbocycles. The van der Waals surface area contributed by atoms with E-state index >= 15 is 0 Å². The van der Waals surface area contributed by atoms with Crippen LogP contribution < -0.4 is 5.32 Å². The lowest BCUT2D eigenvalue weighted by Gasteiger charge is -2.29. The number of hydrogen-bond donors (Lipinski definition) is 1. The van der Waals surface area contributed by atoms with Crippen LogP contribution in [0.4, 0.5) is 0 Å². The summed E-state index contributed by atoms with van der Waals surface area (Å²) in [7, 11) is 0. The zero-order valence-electron chi connectivity index (χ0n) is 12.4. The fraction of sp³-hybridized carbons (Fsp3) is 0.571. The van der Waals surface area contributed by atoms with E-state index in [-0.39, 0.29) is 11.3 Å². The van der Waals surface area contributed by atoms with E-state index in [1.165, 1.54) is 5.01 Å². The summed E-state index contributed by atoms with van der Waals surface area (Å²) in [6, 6.07) is 0. The normalized spacial score (nSPS) is 17.7. The van der Waals surface area contributed by atoms with Gasteiger partial charge in [-0.05, 0) is 24.8 Å². The van der Waals surface area contributed by atoms with Crippen LogP contribution in [0.2, 0.25) is 0 Å². The average molecular weight is 251 g/mol. The van der Waals surface area contributed by atoms with E-state index in [9.17, 15) is 4.79 Å². The zero-order chi connectivity index (χ0) is 14.3. The number of nitrogens with zero attached hydrogens (tertiary/aromatic N) is 2. The minimum absolute atomic E-state index is 0.141. The predicted octanol–water partition coefficient (Wildman–Crippen LogP) is 3.24. The first-order valence-corrected chi connectivity index (χ1v) is 6.32. The van der Waals surface area contributed by atoms with Gasteiger partial charge in [-0.15, -0.1) is 0 Å². The summed E-state index contributed by atoms with van der Waals surface area (Å²) in [6.07, 6.45) is 4.20. The standard InChI is InChI=1S/C12H19N3O.C2H6/c1-6-10-14-9(8-12(2,3)4)7-11(16)15(10)13-5;1-2/h6-7,14H,5,8H2,1-4H3;1-2H3/b10-6-;. The molecule has 0 saturated heterocycles. The molecule has 4 nitrogen and oxygen atoms in total. The molecule has 1 aliphatic rings. The van der Waals surface area contributed by atoms with Gasteiger partial charge in [-0.1, -0.05) is 34.6 Å². The molecule has 0 aromatic rings. The Morgan fingerprint density at radius 2 is 2.00 bits per heavy atom. The predicted molar refractivity (Wildman–Crippen MR) is 76.8 cm³/mol. The van der Waals surface area contributed by atoms with Crippen molar-refractivity contribution in [1.82, 2.24) is 10.3 Å². The molecule has 1 aliphatic heterocycles. The third-order valence-electron chi connectivity index (χ3n) is 2.16. The van der Waals surface area contributed by atoms with Crippen LogP contribution in [-0.4, -0.2) is 17.6 Å². The highest BCUT2D eigenvalue weighted by molar-refractivity contribution is 5.90. The number of carbonyl (C=O) groups is 1. The monoisotopic (exact) mass is 251 g/mol. The Hall–Kier alpha value is -1.58. The fourth-order valence-electron chi connectivity index (χ4n) is 1.59. The van der Waals surface area contributed by atoms with Crippen molar-refractivity contribution in [3.63, 3.8) is 0 Å². The van der Waals surface area contributed by atoms with Crippen LogP contribution in [0.1, 0.15) is 48.0 Å². The Morgan fingerprint density at radius 3 is 2.39 bits per heavy atom. The van der Waals surface area contributed by atoms with E-state index in [1.54, 1.807) is 6.08 Å². The maximum atomic E-state index is 11.7. The van der Waals surface area contributed by atoms with Crippen molar-refractivity contribution < 1.29 is 4.79 Å². The average Bonchev–Trinajstić information content (AvgIpc) is 2.28. The lowest BCUT2D eigenvalue weighted by Crippen LogP contribution is -2.37. The number of carbonyl (C=O) groups excluding carboxylic acids is 1. The minimum Gasteiger partial charge on any atom is -0.344 e. The third-order valence-corrected chi connectivity index (χ3v) is 2.16. The Balaban J connectivity index is 0.00000137. The number of nitrogens with one attached hydrogen (secondary N) is 1. The Labute approximate surface area is 110 Å². The molecular formula is C14H25N3O. The Kier molecular flexibility index (Phi) is 6.37. The number of allylic oxidation sites excluding steroid dienone is 2. The lowest BCUT2D eigenvalue weighted by molar-refractivity contribution is -0.125.